The van der Waals surface area contributed by atoms with Crippen LogP contribution < -0.4 is 15.2 Å². The third kappa shape index (κ3) is 7.78. The van der Waals surface area contributed by atoms with Crippen LogP contribution in [0.3, 0.4) is 0 Å². The van der Waals surface area contributed by atoms with Gasteiger partial charge in [-0.25, -0.2) is 10.1 Å². The minimum atomic E-state index is -4.19. The molecule has 0 aliphatic carbocycles. The van der Waals surface area contributed by atoms with Crippen LogP contribution in [0.15, 0.2) is 93.3 Å². The molecule has 2 atom stereocenters. The number of nitrogens with two attached hydrogens (primary N) is 1. The van der Waals surface area contributed by atoms with E-state index in [2.05, 4.69) is 14.4 Å². The zero-order valence-corrected chi connectivity index (χ0v) is 23.8. The van der Waals surface area contributed by atoms with E-state index < -0.39 is 26.3 Å². The summed E-state index contributed by atoms with van der Waals surface area (Å²) >= 11 is 12.0. The summed E-state index contributed by atoms with van der Waals surface area (Å²) in [5.74, 6) is -0.310. The lowest BCUT2D eigenvalue weighted by Crippen LogP contribution is -2.47. The third-order valence-corrected chi connectivity index (χ3v) is 8.27. The van der Waals surface area contributed by atoms with Crippen LogP contribution in [-0.2, 0) is 20.2 Å². The van der Waals surface area contributed by atoms with Crippen molar-refractivity contribution in [1.29, 1.82) is 0 Å². The molecule has 0 radical (unpaired) electrons. The highest BCUT2D eigenvalue weighted by atomic mass is 35.5. The molecule has 39 heavy (non-hydrogen) atoms. The van der Waals surface area contributed by atoms with Crippen molar-refractivity contribution >= 4 is 55.1 Å². The Hall–Kier alpha value is -3.00. The van der Waals surface area contributed by atoms with E-state index in [1.165, 1.54) is 29.3 Å². The minimum absolute atomic E-state index is 0.0241. The SMILES string of the molecule is C[C@@H](CN/C(=N\S(=O)(=O)c1ccc(Cl)cc1)N1C[C@H](c2ccccc2)C(c2ccc(Cl)cc2)=N1)NS(N)(=O)=O. The van der Waals surface area contributed by atoms with Crippen molar-refractivity contribution in [2.24, 2.45) is 14.6 Å². The predicted octanol–water partition coefficient (Wildman–Crippen LogP) is 3.31. The second kappa shape index (κ2) is 12.0. The van der Waals surface area contributed by atoms with E-state index >= 15 is 0 Å². The van der Waals surface area contributed by atoms with Gasteiger partial charge >= 0.3 is 0 Å². The van der Waals surface area contributed by atoms with Crippen molar-refractivity contribution in [3.63, 3.8) is 0 Å². The number of hydrazone groups is 1. The van der Waals surface area contributed by atoms with Crippen LogP contribution in [0.4, 0.5) is 0 Å². The minimum Gasteiger partial charge on any atom is -0.352 e. The summed E-state index contributed by atoms with van der Waals surface area (Å²) in [6.07, 6.45) is 0. The van der Waals surface area contributed by atoms with Crippen molar-refractivity contribution < 1.29 is 16.8 Å². The fraction of sp³-hybridized carbons (Fsp3) is 0.200. The van der Waals surface area contributed by atoms with Gasteiger partial charge in [0.15, 0.2) is 0 Å². The Bertz CT molecular complexity index is 1580. The summed E-state index contributed by atoms with van der Waals surface area (Å²) in [5, 5.41) is 15.2. The van der Waals surface area contributed by atoms with Crippen LogP contribution in [0, 0.1) is 0 Å². The Morgan fingerprint density at radius 3 is 2.18 bits per heavy atom. The maximum Gasteiger partial charge on any atom is 0.285 e. The molecule has 10 nitrogen and oxygen atoms in total. The topological polar surface area (TPSA) is 146 Å². The number of nitrogens with zero attached hydrogens (tertiary/aromatic N) is 3. The van der Waals surface area contributed by atoms with E-state index in [9.17, 15) is 16.8 Å². The lowest BCUT2D eigenvalue weighted by Gasteiger charge is -2.21. The van der Waals surface area contributed by atoms with Crippen LogP contribution in [0.1, 0.15) is 24.0 Å². The molecule has 206 valence electrons. The Morgan fingerprint density at radius 1 is 1.00 bits per heavy atom. The predicted molar refractivity (Wildman–Crippen MR) is 154 cm³/mol. The van der Waals surface area contributed by atoms with Gasteiger partial charge in [-0.3, -0.25) is 0 Å². The summed E-state index contributed by atoms with van der Waals surface area (Å²) in [7, 11) is -8.17. The lowest BCUT2D eigenvalue weighted by atomic mass is 9.91. The highest BCUT2D eigenvalue weighted by Gasteiger charge is 2.32. The van der Waals surface area contributed by atoms with E-state index in [1.807, 2.05) is 42.5 Å². The molecule has 4 N–H and O–H groups in total. The van der Waals surface area contributed by atoms with Crippen molar-refractivity contribution in [3.8, 4) is 0 Å². The quantitative estimate of drug-likeness (QED) is 0.264. The first-order valence-corrected chi connectivity index (χ1v) is 15.5. The molecule has 0 saturated heterocycles. The number of benzene rings is 3. The number of halogens is 2. The molecule has 0 unspecified atom stereocenters. The average Bonchev–Trinajstić information content (AvgIpc) is 3.32. The molecule has 0 spiro atoms. The molecule has 1 heterocycles. The van der Waals surface area contributed by atoms with Crippen molar-refractivity contribution in [1.82, 2.24) is 15.0 Å². The molecule has 0 fully saturated rings. The summed E-state index contributed by atoms with van der Waals surface area (Å²) in [6.45, 7) is 1.81. The van der Waals surface area contributed by atoms with Gasteiger partial charge in [-0.2, -0.15) is 26.7 Å². The molecule has 4 rings (SSSR count). The zero-order valence-electron chi connectivity index (χ0n) is 20.7. The molecular weight excluding hydrogens is 583 g/mol. The highest BCUT2D eigenvalue weighted by Crippen LogP contribution is 2.30. The molecular formula is C25H26Cl2N6O4S2. The molecule has 1 aliphatic heterocycles. The lowest BCUT2D eigenvalue weighted by molar-refractivity contribution is 0.450. The van der Waals surface area contributed by atoms with E-state index in [4.69, 9.17) is 33.4 Å². The first-order valence-electron chi connectivity index (χ1n) is 11.7. The van der Waals surface area contributed by atoms with Gasteiger partial charge in [-0.05, 0) is 54.4 Å². The number of rotatable bonds is 8. The number of hydrogen-bond donors (Lipinski definition) is 3. The van der Waals surface area contributed by atoms with Gasteiger partial charge in [0, 0.05) is 28.5 Å². The second-order valence-corrected chi connectivity index (χ2v) is 12.6. The summed E-state index contributed by atoms with van der Waals surface area (Å²) < 4.78 is 55.7. The summed E-state index contributed by atoms with van der Waals surface area (Å²) in [4.78, 5) is -0.0670. The van der Waals surface area contributed by atoms with Crippen LogP contribution in [0.5, 0.6) is 0 Å². The van der Waals surface area contributed by atoms with Crippen LogP contribution in [0.2, 0.25) is 10.0 Å². The molecule has 0 bridgehead atoms. The third-order valence-electron chi connectivity index (χ3n) is 5.75. The smallest absolute Gasteiger partial charge is 0.285 e. The Kier molecular flexibility index (Phi) is 8.94. The van der Waals surface area contributed by atoms with Crippen LogP contribution in [0.25, 0.3) is 0 Å². The number of guanidine groups is 1. The number of nitrogens with one attached hydrogen (secondary N) is 2. The molecule has 3 aromatic rings. The molecule has 0 aromatic heterocycles. The van der Waals surface area contributed by atoms with E-state index in [-0.39, 0.29) is 29.9 Å². The van der Waals surface area contributed by atoms with Gasteiger partial charge in [0.25, 0.3) is 20.2 Å². The van der Waals surface area contributed by atoms with E-state index in [0.29, 0.717) is 15.8 Å². The second-order valence-electron chi connectivity index (χ2n) is 8.83. The van der Waals surface area contributed by atoms with E-state index in [0.717, 1.165) is 11.1 Å². The summed E-state index contributed by atoms with van der Waals surface area (Å²) in [6, 6.07) is 21.8. The molecule has 14 heteroatoms. The Balaban J connectivity index is 1.75. The first kappa shape index (κ1) is 29.0. The van der Waals surface area contributed by atoms with Crippen LogP contribution in [-0.4, -0.2) is 52.6 Å². The van der Waals surface area contributed by atoms with Gasteiger partial charge in [0.2, 0.25) is 5.96 Å². The maximum absolute atomic E-state index is 13.2. The fourth-order valence-electron chi connectivity index (χ4n) is 3.97. The largest absolute Gasteiger partial charge is 0.352 e. The van der Waals surface area contributed by atoms with Crippen molar-refractivity contribution in [3.05, 3.63) is 100 Å². The first-order chi connectivity index (χ1) is 18.4. The molecule has 1 aliphatic rings. The molecule has 0 amide bonds. The number of hydrogen-bond acceptors (Lipinski definition) is 5. The standard InChI is InChI=1S/C25H26Cl2N6O4S2/c1-17(31-39(28,36)37)15-29-25(32-38(34,35)22-13-11-21(27)12-14-22)33-16-23(18-5-3-2-4-6-18)24(30-33)19-7-9-20(26)10-8-19/h2-14,17,23,31H,15-16H2,1H3,(H,29,32)(H2,28,36,37)/t17-,23+/m0/s1. The Labute approximate surface area is 237 Å². The Morgan fingerprint density at radius 2 is 1.59 bits per heavy atom. The zero-order chi connectivity index (χ0) is 28.2. The van der Waals surface area contributed by atoms with Gasteiger partial charge < -0.3 is 5.32 Å². The van der Waals surface area contributed by atoms with Crippen LogP contribution >= 0.6 is 23.2 Å². The maximum atomic E-state index is 13.2. The van der Waals surface area contributed by atoms with Gasteiger partial charge in [0.05, 0.1) is 17.2 Å². The molecule has 3 aromatic carbocycles. The van der Waals surface area contributed by atoms with Gasteiger partial charge in [-0.15, -0.1) is 4.40 Å². The molecule has 0 saturated carbocycles. The highest BCUT2D eigenvalue weighted by molar-refractivity contribution is 7.90. The van der Waals surface area contributed by atoms with Gasteiger partial charge in [-0.1, -0.05) is 65.7 Å². The van der Waals surface area contributed by atoms with Gasteiger partial charge in [0.1, 0.15) is 0 Å². The van der Waals surface area contributed by atoms with E-state index in [1.54, 1.807) is 19.1 Å². The normalized spacial score (nSPS) is 17.1. The number of sulfonamides is 1. The monoisotopic (exact) mass is 608 g/mol. The summed E-state index contributed by atoms with van der Waals surface area (Å²) in [5.41, 5.74) is 2.46. The van der Waals surface area contributed by atoms with Crippen molar-refractivity contribution in [2.45, 2.75) is 23.8 Å². The average molecular weight is 610 g/mol. The van der Waals surface area contributed by atoms with Crippen molar-refractivity contribution in [2.75, 3.05) is 13.1 Å². The fourth-order valence-corrected chi connectivity index (χ4v) is 5.84.